The van der Waals surface area contributed by atoms with Gasteiger partial charge in [-0.05, 0) is 51.1 Å². The van der Waals surface area contributed by atoms with E-state index in [1.807, 2.05) is 0 Å². The van der Waals surface area contributed by atoms with Crippen LogP contribution in [-0.2, 0) is 48.9 Å². The molecule has 0 unspecified atom stereocenters. The van der Waals surface area contributed by atoms with Crippen molar-refractivity contribution in [1.29, 1.82) is 0 Å². The third-order valence-electron chi connectivity index (χ3n) is 8.67. The maximum atomic E-state index is 12.1. The van der Waals surface area contributed by atoms with Gasteiger partial charge in [0.2, 0.25) is 0 Å². The molecule has 0 amide bonds. The molecule has 0 aromatic heterocycles. The van der Waals surface area contributed by atoms with E-state index in [9.17, 15) is 77.6 Å². The standard InChI is InChI=1S/C12H30NOSi.C10H26NOSi.2C3H3F5NO4S2/c1-7-13(5,6)11-12-14-15(8-2,9-3)10-4;1-7-11(3,4)9-10-12-13(5,6)8-2;2*1-2(4,5)14(10,11)9-15(12,13)3(6,7)8/h7-12H2,1-6H3;7-10H2,1-6H3;2*1H3/q2*+1;2*-1. The number of alkyl halides is 10. The van der Waals surface area contributed by atoms with Crippen LogP contribution in [0.15, 0.2) is 0 Å². The number of sulfonamides is 4. The molecule has 0 radical (unpaired) electrons. The zero-order valence-corrected chi connectivity index (χ0v) is 40.6. The lowest BCUT2D eigenvalue weighted by molar-refractivity contribution is -0.888. The average molecular weight is 989 g/mol. The highest BCUT2D eigenvalue weighted by molar-refractivity contribution is 8.13. The Bertz CT molecular complexity index is 1460. The Hall–Kier alpha value is -0.706. The minimum absolute atomic E-state index is 0.294. The summed E-state index contributed by atoms with van der Waals surface area (Å²) in [6.07, 6.45) is 0. The van der Waals surface area contributed by atoms with Gasteiger partial charge >= 0.3 is 21.5 Å². The summed E-state index contributed by atoms with van der Waals surface area (Å²) < 4.78 is 216. The summed E-state index contributed by atoms with van der Waals surface area (Å²) in [5.74, 6) is 0. The minimum Gasteiger partial charge on any atom is -0.423 e. The number of nitrogens with zero attached hydrogens (tertiary/aromatic N) is 4. The average Bonchev–Trinajstić information content (AvgIpc) is 3.01. The first-order valence-corrected chi connectivity index (χ1v) is 28.9. The van der Waals surface area contributed by atoms with Crippen LogP contribution < -0.4 is 0 Å². The van der Waals surface area contributed by atoms with Gasteiger partial charge in [0.1, 0.15) is 33.1 Å². The van der Waals surface area contributed by atoms with Gasteiger partial charge in [-0.15, -0.1) is 0 Å². The molecule has 0 bridgehead atoms. The van der Waals surface area contributed by atoms with Crippen LogP contribution in [0.5, 0.6) is 0 Å². The molecule has 0 fully saturated rings. The normalized spacial score (nSPS) is 14.3. The first-order valence-electron chi connectivity index (χ1n) is 17.5. The molecule has 0 spiro atoms. The van der Waals surface area contributed by atoms with E-state index in [0.717, 1.165) is 43.5 Å². The number of hydrogen-bond donors (Lipinski definition) is 0. The van der Waals surface area contributed by atoms with E-state index in [4.69, 9.17) is 8.85 Å². The number of quaternary nitrogens is 2. The molecule has 0 aromatic carbocycles. The van der Waals surface area contributed by atoms with Gasteiger partial charge < -0.3 is 26.1 Å². The quantitative estimate of drug-likeness (QED) is 0.0665. The van der Waals surface area contributed by atoms with Crippen molar-refractivity contribution in [3.05, 3.63) is 8.25 Å². The topological polar surface area (TPSA) is 183 Å². The van der Waals surface area contributed by atoms with Crippen LogP contribution in [0.1, 0.15) is 55.4 Å². The lowest BCUT2D eigenvalue weighted by Gasteiger charge is -2.32. The van der Waals surface area contributed by atoms with Gasteiger partial charge in [0, 0.05) is 13.8 Å². The van der Waals surface area contributed by atoms with E-state index < -0.39 is 78.3 Å². The molecule has 58 heavy (non-hydrogen) atoms. The van der Waals surface area contributed by atoms with Crippen molar-refractivity contribution >= 4 is 56.7 Å². The zero-order valence-electron chi connectivity index (χ0n) is 35.4. The minimum atomic E-state index is -6.48. The van der Waals surface area contributed by atoms with Gasteiger partial charge in [0.25, 0.3) is 0 Å². The number of halogens is 10. The molecule has 0 aliphatic heterocycles. The summed E-state index contributed by atoms with van der Waals surface area (Å²) in [5.41, 5.74) is -12.1. The number of likely N-dealkylation sites (N-methyl/N-ethyl adjacent to an activating group) is 2. The fourth-order valence-corrected chi connectivity index (χ4v) is 10.3. The second-order valence-electron chi connectivity index (χ2n) is 14.6. The maximum Gasteiger partial charge on any atom is 0.480 e. The molecule has 0 rings (SSSR count). The third kappa shape index (κ3) is 24.7. The smallest absolute Gasteiger partial charge is 0.423 e. The van der Waals surface area contributed by atoms with Gasteiger partial charge in [-0.3, -0.25) is 0 Å². The van der Waals surface area contributed by atoms with Gasteiger partial charge in [-0.1, -0.05) is 27.7 Å². The molecule has 0 saturated carbocycles. The van der Waals surface area contributed by atoms with Crippen LogP contribution in [-0.4, -0.2) is 148 Å². The highest BCUT2D eigenvalue weighted by Gasteiger charge is 2.45. The maximum absolute atomic E-state index is 12.1. The SMILES string of the molecule is CC(F)(F)S(=O)(=O)[N-]S(=O)(=O)C(F)(F)F.CC(F)(F)S(=O)(=O)[N-]S(=O)(=O)C(F)(F)F.CC[N+](C)(C)CCO[Si](C)(C)CC.CC[N+](C)(C)CCO[Si](CC)(CC)CC. The molecule has 0 saturated heterocycles. The largest absolute Gasteiger partial charge is 0.480 e. The molecule has 356 valence electrons. The molecular formula is C28H62F10N4O10S4Si2. The van der Waals surface area contributed by atoms with Crippen molar-refractivity contribution in [2.24, 2.45) is 0 Å². The van der Waals surface area contributed by atoms with E-state index in [-0.39, 0.29) is 13.8 Å². The molecule has 0 heterocycles. The Labute approximate surface area is 341 Å². The molecule has 30 heteroatoms. The van der Waals surface area contributed by atoms with Crippen LogP contribution in [0.25, 0.3) is 8.25 Å². The summed E-state index contributed by atoms with van der Waals surface area (Å²) in [5, 5.41) is -9.41. The van der Waals surface area contributed by atoms with Crippen LogP contribution in [0, 0.1) is 0 Å². The van der Waals surface area contributed by atoms with Crippen molar-refractivity contribution in [2.45, 2.75) is 114 Å². The van der Waals surface area contributed by atoms with Crippen molar-refractivity contribution in [3.63, 3.8) is 0 Å². The molecule has 0 aliphatic carbocycles. The molecule has 0 N–H and O–H groups in total. The van der Waals surface area contributed by atoms with E-state index in [1.54, 1.807) is 0 Å². The Morgan fingerprint density at radius 2 is 0.741 bits per heavy atom. The monoisotopic (exact) mass is 988 g/mol. The van der Waals surface area contributed by atoms with E-state index in [0.29, 0.717) is 0 Å². The van der Waals surface area contributed by atoms with Crippen molar-refractivity contribution < 1.29 is 95.4 Å². The number of rotatable bonds is 20. The Morgan fingerprint density at radius 1 is 0.483 bits per heavy atom. The van der Waals surface area contributed by atoms with Crippen LogP contribution >= 0.6 is 0 Å². The summed E-state index contributed by atoms with van der Waals surface area (Å²) in [6.45, 7) is 24.1. The first kappa shape index (κ1) is 63.9. The molecule has 0 aromatic rings. The number of hydrogen-bond acceptors (Lipinski definition) is 10. The zero-order chi connectivity index (χ0) is 47.9. The van der Waals surface area contributed by atoms with Crippen molar-refractivity contribution in [2.75, 3.05) is 67.6 Å². The Kier molecular flexibility index (Phi) is 26.1. The van der Waals surface area contributed by atoms with E-state index >= 15 is 0 Å². The second-order valence-corrected chi connectivity index (χ2v) is 31.2. The molecular weight excluding hydrogens is 927 g/mol. The Morgan fingerprint density at radius 3 is 0.931 bits per heavy atom. The third-order valence-corrected chi connectivity index (χ3v) is 22.2. The fourth-order valence-electron chi connectivity index (χ4n) is 3.03. The summed E-state index contributed by atoms with van der Waals surface area (Å²) in [4.78, 5) is 0. The van der Waals surface area contributed by atoms with Gasteiger partial charge in [-0.25, -0.2) is 33.7 Å². The first-order chi connectivity index (χ1) is 25.2. The Balaban J connectivity index is -0.000000336. The summed E-state index contributed by atoms with van der Waals surface area (Å²) in [6, 6.07) is 5.01. The van der Waals surface area contributed by atoms with Gasteiger partial charge in [-0.2, -0.15) is 43.9 Å². The molecule has 0 aliphatic rings. The highest BCUT2D eigenvalue weighted by Crippen LogP contribution is 2.36. The summed E-state index contributed by atoms with van der Waals surface area (Å²) in [7, 11) is -18.7. The predicted octanol–water partition coefficient (Wildman–Crippen LogP) is 7.73. The van der Waals surface area contributed by atoms with Gasteiger partial charge in [0.15, 0.2) is 36.7 Å². The van der Waals surface area contributed by atoms with Crippen LogP contribution in [0.3, 0.4) is 0 Å². The van der Waals surface area contributed by atoms with Crippen molar-refractivity contribution in [1.82, 2.24) is 0 Å². The fraction of sp³-hybridized carbons (Fsp3) is 1.00. The second kappa shape index (κ2) is 23.7. The summed E-state index contributed by atoms with van der Waals surface area (Å²) >= 11 is 0. The van der Waals surface area contributed by atoms with E-state index in [2.05, 4.69) is 82.8 Å². The predicted molar refractivity (Wildman–Crippen MR) is 208 cm³/mol. The molecule has 0 atom stereocenters. The van der Waals surface area contributed by atoms with Gasteiger partial charge in [0.05, 0.1) is 54.5 Å². The molecule has 14 nitrogen and oxygen atoms in total. The van der Waals surface area contributed by atoms with Crippen LogP contribution in [0.2, 0.25) is 37.3 Å². The van der Waals surface area contributed by atoms with Crippen LogP contribution in [0.4, 0.5) is 43.9 Å². The lowest BCUT2D eigenvalue weighted by atomic mass is 10.4. The highest BCUT2D eigenvalue weighted by atomic mass is 32.3. The van der Waals surface area contributed by atoms with Crippen molar-refractivity contribution in [3.8, 4) is 0 Å². The lowest BCUT2D eigenvalue weighted by Crippen LogP contribution is -2.45. The van der Waals surface area contributed by atoms with E-state index in [1.165, 1.54) is 37.3 Å².